The molecule has 0 saturated heterocycles. The molecule has 0 fully saturated rings. The molecule has 2 aliphatic heterocycles. The second-order valence-corrected chi connectivity index (χ2v) is 28.2. The van der Waals surface area contributed by atoms with Gasteiger partial charge in [-0.15, -0.1) is 6.42 Å². The summed E-state index contributed by atoms with van der Waals surface area (Å²) in [5.41, 5.74) is 9.89. The quantitative estimate of drug-likeness (QED) is 0.0659. The van der Waals surface area contributed by atoms with Gasteiger partial charge in [0.2, 0.25) is 0 Å². The Morgan fingerprint density at radius 2 is 0.867 bits per heavy atom. The van der Waals surface area contributed by atoms with Gasteiger partial charge in [-0.1, -0.05) is 200 Å². The maximum Gasteiger partial charge on any atom is -0.0134 e. The molecular formula is C70H63BrCl2F2N6O6P2Pd. The van der Waals surface area contributed by atoms with E-state index in [9.17, 15) is 23.5 Å². The zero-order valence-electron chi connectivity index (χ0n) is 49.3. The summed E-state index contributed by atoms with van der Waals surface area (Å²) >= 11 is 3.02. The number of fused-ring (bicyclic) bond motifs is 6. The van der Waals surface area contributed by atoms with E-state index in [0.717, 1.165) is 0 Å². The molecule has 90 heavy (non-hydrogen) atoms. The summed E-state index contributed by atoms with van der Waals surface area (Å²) in [7, 11) is 8.74. The van der Waals surface area contributed by atoms with Crippen LogP contribution >= 0.6 is 50.8 Å². The van der Waals surface area contributed by atoms with Crippen LogP contribution in [0.25, 0.3) is 22.8 Å². The fourth-order valence-corrected chi connectivity index (χ4v) is 13.6. The predicted molar refractivity (Wildman–Crippen MR) is 361 cm³/mol. The number of amides is 2. The molecule has 2 aliphatic rings. The van der Waals surface area contributed by atoms with Crippen LogP contribution in [0.2, 0.25) is 0 Å². The molecule has 6 N–H and O–H groups in total. The van der Waals surface area contributed by atoms with Crippen LogP contribution < -0.4 is 52.8 Å². The van der Waals surface area contributed by atoms with E-state index >= 15 is 0 Å². The number of nitrogens with two attached hydrogens (primary N) is 2. The second-order valence-electron chi connectivity index (χ2n) is 20.5. The molecule has 10 aromatic rings. The van der Waals surface area contributed by atoms with E-state index in [1.165, 1.54) is 63.9 Å². The van der Waals surface area contributed by atoms with Crippen molar-refractivity contribution in [3.05, 3.63) is 252 Å². The Morgan fingerprint density at radius 1 is 0.567 bits per heavy atom. The summed E-state index contributed by atoms with van der Waals surface area (Å²) in [4.78, 5) is 30.9. The average molecular weight is 1440 g/mol. The van der Waals surface area contributed by atoms with E-state index in [2.05, 4.69) is 226 Å². The topological polar surface area (TPSA) is 181 Å². The molecule has 12 rings (SSSR count). The van der Waals surface area contributed by atoms with Crippen molar-refractivity contribution >= 4 is 94.5 Å². The fourth-order valence-electron chi connectivity index (χ4n) is 8.69. The number of rotatable bonds is 8. The molecule has 0 unspecified atom stereocenters. The molecule has 464 valence electrons. The molecule has 4 heterocycles. The molecule has 0 bridgehead atoms. The van der Waals surface area contributed by atoms with Crippen molar-refractivity contribution in [1.29, 1.82) is 0 Å². The summed E-state index contributed by atoms with van der Waals surface area (Å²) in [5, 5.41) is 26.7. The first-order chi connectivity index (χ1) is 43.2. The van der Waals surface area contributed by atoms with E-state index in [4.69, 9.17) is 51.5 Å². The van der Waals surface area contributed by atoms with E-state index in [-0.39, 0.29) is 32.9 Å². The number of imidazole rings is 2. The van der Waals surface area contributed by atoms with Crippen molar-refractivity contribution in [3.63, 3.8) is 0 Å². The third kappa shape index (κ3) is 20.4. The van der Waals surface area contributed by atoms with Gasteiger partial charge < -0.3 is 40.3 Å². The van der Waals surface area contributed by atoms with Gasteiger partial charge >= 0.3 is 35.0 Å². The molecule has 2 aromatic heterocycles. The van der Waals surface area contributed by atoms with Gasteiger partial charge in [0.1, 0.15) is 70.6 Å². The van der Waals surface area contributed by atoms with Crippen LogP contribution in [0.15, 0.2) is 223 Å². The van der Waals surface area contributed by atoms with Gasteiger partial charge in [0, 0.05) is 24.5 Å². The van der Waals surface area contributed by atoms with Gasteiger partial charge in [-0.25, -0.2) is 18.7 Å². The first kappa shape index (κ1) is 69.7. The summed E-state index contributed by atoms with van der Waals surface area (Å²) < 4.78 is 42.6. The van der Waals surface area contributed by atoms with E-state index in [1.54, 1.807) is 41.4 Å². The van der Waals surface area contributed by atoms with E-state index in [1.807, 2.05) is 0 Å². The van der Waals surface area contributed by atoms with Crippen LogP contribution in [0.3, 0.4) is 0 Å². The number of aromatic nitrogens is 4. The number of hydrogen-bond donors (Lipinski definition) is 4. The molecular weight excluding hydrogens is 1380 g/mol. The fraction of sp³-hybridized carbons (Fsp3) is 0.143. The third-order valence-corrected chi connectivity index (χ3v) is 18.2. The largest absolute Gasteiger partial charge is 0.0622 e. The number of terminal acetylenes is 1. The molecule has 0 aliphatic carbocycles. The van der Waals surface area contributed by atoms with E-state index in [0.29, 0.717) is 65.1 Å². The molecule has 12 nitrogen and oxygen atoms in total. The Labute approximate surface area is 550 Å². The molecule has 2 amide bonds. The second kappa shape index (κ2) is 33.9. The molecule has 0 atom stereocenters. The van der Waals surface area contributed by atoms with Crippen molar-refractivity contribution in [3.8, 4) is 58.5 Å². The van der Waals surface area contributed by atoms with Crippen molar-refractivity contribution in [2.45, 2.75) is 52.0 Å². The molecule has 0 radical (unpaired) electrons. The SMILES string of the molecule is C#CC(C)(C)O.CC(C)(O)C#Cc1cc2c(cc1F)OCCn1cc(C(N)=O)nc1-2.NC(=O)c1cn2c(n1)-c1cc(Br)c(F)cc1OCC2.[Cl][Pd][Cl].c1ccc(P(c2ccccc2)c2ccccc2)cc1.c1ccc(P(c2ccccc2)c2ccccc2)cc1. The zero-order chi connectivity index (χ0) is 64.8. The maximum atomic E-state index is 14.2. The monoisotopic (exact) mass is 1440 g/mol. The first-order valence-electron chi connectivity index (χ1n) is 27.7. The zero-order valence-corrected chi connectivity index (χ0v) is 55.7. The van der Waals surface area contributed by atoms with Crippen LogP contribution in [0.5, 0.6) is 11.5 Å². The maximum absolute atomic E-state index is 14.2. The summed E-state index contributed by atoms with van der Waals surface area (Å²) in [6, 6.07) is 70.3. The Bertz CT molecular complexity index is 3770. The van der Waals surface area contributed by atoms with Gasteiger partial charge in [-0.2, -0.15) is 0 Å². The number of halogens is 5. The number of aliphatic hydroxyl groups is 2. The van der Waals surface area contributed by atoms with Gasteiger partial charge in [0.25, 0.3) is 11.8 Å². The Balaban J connectivity index is 0.000000164. The Hall–Kier alpha value is -7.80. The smallest absolute Gasteiger partial charge is 0.0134 e. The van der Waals surface area contributed by atoms with Crippen molar-refractivity contribution < 1.29 is 54.0 Å². The number of nitrogens with zero attached hydrogens (tertiary/aromatic N) is 4. The van der Waals surface area contributed by atoms with Crippen molar-refractivity contribution in [2.75, 3.05) is 13.2 Å². The minimum Gasteiger partial charge on any atom is -0.0622 e. The summed E-state index contributed by atoms with van der Waals surface area (Å²) in [5.74, 6) is 6.89. The minimum atomic E-state index is -1.24. The first-order valence-corrected chi connectivity index (χ1v) is 35.2. The number of carbonyl (C=O) groups excluding carboxylic acids is 2. The normalized spacial score (nSPS) is 11.6. The van der Waals surface area contributed by atoms with Crippen LogP contribution in [0.4, 0.5) is 8.78 Å². The van der Waals surface area contributed by atoms with Gasteiger partial charge in [0.05, 0.1) is 34.3 Å². The average Bonchev–Trinajstić information content (AvgIpc) is 3.04. The van der Waals surface area contributed by atoms with Crippen LogP contribution in [-0.2, 0) is 29.0 Å². The molecule has 0 spiro atoms. The van der Waals surface area contributed by atoms with Crippen LogP contribution in [0, 0.1) is 35.8 Å². The van der Waals surface area contributed by atoms with Gasteiger partial charge in [-0.3, -0.25) is 9.59 Å². The molecule has 20 heteroatoms. The number of ether oxygens (including phenoxy) is 2. The third-order valence-electron chi connectivity index (χ3n) is 12.8. The van der Waals surface area contributed by atoms with Crippen LogP contribution in [0.1, 0.15) is 54.2 Å². The van der Waals surface area contributed by atoms with E-state index < -0.39 is 50.5 Å². The molecule has 8 aromatic carbocycles. The minimum absolute atomic E-state index is 0.106. The van der Waals surface area contributed by atoms with Crippen LogP contribution in [-0.4, -0.2) is 65.5 Å². The Morgan fingerprint density at radius 3 is 1.16 bits per heavy atom. The van der Waals surface area contributed by atoms with Crippen molar-refractivity contribution in [2.24, 2.45) is 11.5 Å². The standard InChI is InChI=1S/2C18H15P.C17H16FN3O3.C12H9BrFN3O2.C5H8O.2ClH.Pd/c2*1-4-10-16(11-5-1)19(17-12-6-2-7-13-17)18-14-8-3-9-15-18;1-17(2,23)4-3-10-7-11-14(8-12(10)18)24-6-5-21-9-13(15(19)22)20-16(11)21;13-7-3-6-10(4-8(7)14)19-2-1-17-5-9(11(15)18)16-12(6)17;1-4-5(2,3)6;;;/h2*1-15H;7-9,23H,5-6H2,1-2H3,(H2,19,22);3-5H,1-2H2,(H2,15,18);1,6H,2-3H3;2*1H;/q;;;;;;;+2/p-2. The number of carbonyl (C=O) groups is 2. The van der Waals surface area contributed by atoms with Gasteiger partial charge in [0.15, 0.2) is 0 Å². The summed E-state index contributed by atoms with van der Waals surface area (Å²) in [6.07, 6.45) is 7.93. The number of hydrogen-bond acceptors (Lipinski definition) is 8. The Kier molecular flexibility index (Phi) is 26.2. The number of primary amides is 2. The van der Waals surface area contributed by atoms with Crippen molar-refractivity contribution in [1.82, 2.24) is 19.1 Å². The predicted octanol–water partition coefficient (Wildman–Crippen LogP) is 11.9. The number of benzene rings is 8. The summed E-state index contributed by atoms with van der Waals surface area (Å²) in [6.45, 7) is 7.80. The van der Waals surface area contributed by atoms with Gasteiger partial charge in [-0.05, 0) is 103 Å². The molecule has 0 saturated carbocycles.